The van der Waals surface area contributed by atoms with Gasteiger partial charge >= 0.3 is 5.82 Å². The molecule has 5 nitrogen and oxygen atoms in total. The lowest BCUT2D eigenvalue weighted by atomic mass is 10.1. The Morgan fingerprint density at radius 2 is 2.06 bits per heavy atom. The van der Waals surface area contributed by atoms with E-state index in [9.17, 15) is 10.1 Å². The summed E-state index contributed by atoms with van der Waals surface area (Å²) < 4.78 is 1.73. The lowest BCUT2D eigenvalue weighted by Gasteiger charge is -2.00. The van der Waals surface area contributed by atoms with E-state index in [0.29, 0.717) is 6.54 Å². The van der Waals surface area contributed by atoms with Gasteiger partial charge in [0.2, 0.25) is 6.33 Å². The van der Waals surface area contributed by atoms with Crippen molar-refractivity contribution < 1.29 is 4.92 Å². The summed E-state index contributed by atoms with van der Waals surface area (Å²) in [5.41, 5.74) is 1.21. The third-order valence-corrected chi connectivity index (χ3v) is 2.31. The number of nitro groups is 1. The summed E-state index contributed by atoms with van der Waals surface area (Å²) in [5.74, 6) is -0.104. The van der Waals surface area contributed by atoms with Gasteiger partial charge in [-0.05, 0) is 21.9 Å². The van der Waals surface area contributed by atoms with E-state index in [1.165, 1.54) is 18.1 Å². The summed E-state index contributed by atoms with van der Waals surface area (Å²) in [6.07, 6.45) is 3.78. The number of nitrogens with zero attached hydrogens (tertiary/aromatic N) is 3. The summed E-state index contributed by atoms with van der Waals surface area (Å²) in [4.78, 5) is 13.6. The van der Waals surface area contributed by atoms with Gasteiger partial charge < -0.3 is 14.7 Å². The molecule has 0 amide bonds. The molecule has 0 unspecified atom stereocenters. The highest BCUT2D eigenvalue weighted by atomic mass is 16.6. The van der Waals surface area contributed by atoms with Gasteiger partial charge in [0.15, 0.2) is 0 Å². The summed E-state index contributed by atoms with van der Waals surface area (Å²) >= 11 is 0. The molecule has 2 rings (SSSR count). The predicted octanol–water partition coefficient (Wildman–Crippen LogP) is 2.03. The first kappa shape index (κ1) is 10.4. The highest BCUT2D eigenvalue weighted by Gasteiger charge is 2.08. The van der Waals surface area contributed by atoms with Crippen molar-refractivity contribution in [3.05, 3.63) is 58.5 Å². The van der Waals surface area contributed by atoms with Gasteiger partial charge in [-0.1, -0.05) is 30.3 Å². The number of benzene rings is 1. The van der Waals surface area contributed by atoms with E-state index in [4.69, 9.17) is 0 Å². The average Bonchev–Trinajstić information content (AvgIpc) is 2.76. The van der Waals surface area contributed by atoms with Crippen molar-refractivity contribution in [3.8, 4) is 0 Å². The molecule has 0 atom stereocenters. The SMILES string of the molecule is O=[N+]([O-])c1cn(CCc2ccccc2)cn1. The maximum Gasteiger partial charge on any atom is 0.381 e. The molecular formula is C11H11N3O2. The van der Waals surface area contributed by atoms with Crippen molar-refractivity contribution in [2.75, 3.05) is 0 Å². The quantitative estimate of drug-likeness (QED) is 0.581. The maximum atomic E-state index is 10.4. The van der Waals surface area contributed by atoms with E-state index >= 15 is 0 Å². The van der Waals surface area contributed by atoms with Gasteiger partial charge in [0, 0.05) is 6.54 Å². The van der Waals surface area contributed by atoms with Gasteiger partial charge in [-0.2, -0.15) is 0 Å². The second-order valence-corrected chi connectivity index (χ2v) is 3.46. The predicted molar refractivity (Wildman–Crippen MR) is 59.0 cm³/mol. The van der Waals surface area contributed by atoms with Crippen LogP contribution in [-0.4, -0.2) is 14.5 Å². The Hall–Kier alpha value is -2.17. The van der Waals surface area contributed by atoms with Crippen LogP contribution in [0.2, 0.25) is 0 Å². The normalized spacial score (nSPS) is 10.2. The van der Waals surface area contributed by atoms with Crippen molar-refractivity contribution in [1.82, 2.24) is 9.55 Å². The van der Waals surface area contributed by atoms with Crippen molar-refractivity contribution in [3.63, 3.8) is 0 Å². The van der Waals surface area contributed by atoms with E-state index in [2.05, 4.69) is 4.98 Å². The Kier molecular flexibility index (Phi) is 2.95. The van der Waals surface area contributed by atoms with E-state index in [1.807, 2.05) is 30.3 Å². The minimum Gasteiger partial charge on any atom is -0.358 e. The zero-order chi connectivity index (χ0) is 11.4. The number of aromatic nitrogens is 2. The van der Waals surface area contributed by atoms with Gasteiger partial charge in [0.05, 0.1) is 0 Å². The van der Waals surface area contributed by atoms with Crippen LogP contribution < -0.4 is 0 Å². The Bertz CT molecular complexity index is 479. The molecule has 1 aromatic heterocycles. The largest absolute Gasteiger partial charge is 0.381 e. The molecular weight excluding hydrogens is 206 g/mol. The Morgan fingerprint density at radius 1 is 1.31 bits per heavy atom. The lowest BCUT2D eigenvalue weighted by Crippen LogP contribution is -1.98. The molecule has 0 aliphatic rings. The minimum absolute atomic E-state index is 0.104. The summed E-state index contributed by atoms with van der Waals surface area (Å²) in [6, 6.07) is 9.99. The van der Waals surface area contributed by atoms with Crippen LogP contribution in [0.15, 0.2) is 42.9 Å². The number of hydrogen-bond donors (Lipinski definition) is 0. The fourth-order valence-corrected chi connectivity index (χ4v) is 1.47. The Labute approximate surface area is 92.5 Å². The standard InChI is InChI=1S/C11H11N3O2/c15-14(16)11-8-13(9-12-11)7-6-10-4-2-1-3-5-10/h1-5,8-9H,6-7H2. The smallest absolute Gasteiger partial charge is 0.358 e. The Balaban J connectivity index is 1.97. The second kappa shape index (κ2) is 4.57. The van der Waals surface area contributed by atoms with Crippen LogP contribution in [0, 0.1) is 10.1 Å². The van der Waals surface area contributed by atoms with Gasteiger partial charge in [-0.15, -0.1) is 0 Å². The zero-order valence-corrected chi connectivity index (χ0v) is 8.61. The molecule has 0 aliphatic carbocycles. The van der Waals surface area contributed by atoms with Crippen LogP contribution in [0.1, 0.15) is 5.56 Å². The van der Waals surface area contributed by atoms with Crippen molar-refractivity contribution in [1.29, 1.82) is 0 Å². The Morgan fingerprint density at radius 3 is 2.69 bits per heavy atom. The van der Waals surface area contributed by atoms with Crippen molar-refractivity contribution in [2.45, 2.75) is 13.0 Å². The first-order valence-corrected chi connectivity index (χ1v) is 4.96. The van der Waals surface area contributed by atoms with E-state index in [0.717, 1.165) is 6.42 Å². The fraction of sp³-hybridized carbons (Fsp3) is 0.182. The van der Waals surface area contributed by atoms with Gasteiger partial charge in [0.1, 0.15) is 6.20 Å². The molecule has 0 aliphatic heterocycles. The number of imidazole rings is 1. The van der Waals surface area contributed by atoms with Crippen LogP contribution >= 0.6 is 0 Å². The summed E-state index contributed by atoms with van der Waals surface area (Å²) in [6.45, 7) is 0.699. The number of aryl methyl sites for hydroxylation is 2. The van der Waals surface area contributed by atoms with Gasteiger partial charge in [0.25, 0.3) is 0 Å². The molecule has 5 heteroatoms. The number of hydrogen-bond acceptors (Lipinski definition) is 3. The van der Waals surface area contributed by atoms with E-state index in [-0.39, 0.29) is 5.82 Å². The molecule has 0 saturated carbocycles. The zero-order valence-electron chi connectivity index (χ0n) is 8.61. The molecule has 0 saturated heterocycles. The van der Waals surface area contributed by atoms with Crippen LogP contribution in [0.25, 0.3) is 0 Å². The highest BCUT2D eigenvalue weighted by molar-refractivity contribution is 5.16. The molecule has 0 N–H and O–H groups in total. The molecule has 0 bridgehead atoms. The first-order chi connectivity index (χ1) is 7.75. The molecule has 2 aromatic rings. The van der Waals surface area contributed by atoms with Gasteiger partial charge in [-0.25, -0.2) is 0 Å². The van der Waals surface area contributed by atoms with Crippen LogP contribution in [-0.2, 0) is 13.0 Å². The lowest BCUT2D eigenvalue weighted by molar-refractivity contribution is -0.389. The second-order valence-electron chi connectivity index (χ2n) is 3.46. The molecule has 0 spiro atoms. The van der Waals surface area contributed by atoms with Crippen LogP contribution in [0.4, 0.5) is 5.82 Å². The van der Waals surface area contributed by atoms with Crippen LogP contribution in [0.5, 0.6) is 0 Å². The van der Waals surface area contributed by atoms with E-state index in [1.54, 1.807) is 4.57 Å². The van der Waals surface area contributed by atoms with Gasteiger partial charge in [-0.3, -0.25) is 0 Å². The minimum atomic E-state index is -0.487. The third kappa shape index (κ3) is 2.44. The maximum absolute atomic E-state index is 10.4. The number of rotatable bonds is 4. The topological polar surface area (TPSA) is 61.0 Å². The molecule has 82 valence electrons. The summed E-state index contributed by atoms with van der Waals surface area (Å²) in [5, 5.41) is 10.4. The molecule has 1 heterocycles. The molecule has 0 radical (unpaired) electrons. The van der Waals surface area contributed by atoms with E-state index < -0.39 is 4.92 Å². The van der Waals surface area contributed by atoms with Crippen molar-refractivity contribution >= 4 is 5.82 Å². The highest BCUT2D eigenvalue weighted by Crippen LogP contribution is 2.07. The monoisotopic (exact) mass is 217 g/mol. The molecule has 1 aromatic carbocycles. The van der Waals surface area contributed by atoms with Crippen molar-refractivity contribution in [2.24, 2.45) is 0 Å². The molecule has 16 heavy (non-hydrogen) atoms. The first-order valence-electron chi connectivity index (χ1n) is 4.96. The third-order valence-electron chi connectivity index (χ3n) is 2.31. The summed E-state index contributed by atoms with van der Waals surface area (Å²) in [7, 11) is 0. The average molecular weight is 217 g/mol. The molecule has 0 fully saturated rings. The fourth-order valence-electron chi connectivity index (χ4n) is 1.47. The van der Waals surface area contributed by atoms with Crippen LogP contribution in [0.3, 0.4) is 0 Å².